The van der Waals surface area contributed by atoms with Crippen molar-refractivity contribution in [3.63, 3.8) is 0 Å². The quantitative estimate of drug-likeness (QED) is 0.623. The monoisotopic (exact) mass is 366 g/mol. The minimum absolute atomic E-state index is 0.269. The Hall–Kier alpha value is -2.61. The average Bonchev–Trinajstić information content (AvgIpc) is 3.06. The molecule has 25 heavy (non-hydrogen) atoms. The molecule has 1 amide bonds. The highest BCUT2D eigenvalue weighted by atomic mass is 35.5. The first kappa shape index (κ1) is 18.7. The molecule has 0 spiro atoms. The number of carbonyl (C=O) groups excluding carboxylic acids is 2. The summed E-state index contributed by atoms with van der Waals surface area (Å²) in [5.74, 6) is -0.303. The fourth-order valence-electron chi connectivity index (χ4n) is 2.12. The van der Waals surface area contributed by atoms with Crippen LogP contribution < -0.4 is 5.32 Å². The Morgan fingerprint density at radius 2 is 2.20 bits per heavy atom. The van der Waals surface area contributed by atoms with Gasteiger partial charge in [-0.25, -0.2) is 4.79 Å². The summed E-state index contributed by atoms with van der Waals surface area (Å²) in [6, 6.07) is 1.57. The Morgan fingerprint density at radius 3 is 2.72 bits per heavy atom. The predicted octanol–water partition coefficient (Wildman–Crippen LogP) is 2.65. The average molecular weight is 367 g/mol. The Bertz CT molecular complexity index is 809. The van der Waals surface area contributed by atoms with E-state index in [1.165, 1.54) is 16.8 Å². The van der Waals surface area contributed by atoms with Crippen molar-refractivity contribution in [3.8, 4) is 0 Å². The van der Waals surface area contributed by atoms with Crippen molar-refractivity contribution in [1.82, 2.24) is 14.9 Å². The molecule has 2 aromatic rings. The summed E-state index contributed by atoms with van der Waals surface area (Å²) in [6.07, 6.45) is 2.10. The first-order valence-electron chi connectivity index (χ1n) is 7.63. The maximum Gasteiger partial charge on any atom is 0.331 e. The van der Waals surface area contributed by atoms with E-state index in [2.05, 4.69) is 15.6 Å². The molecule has 0 radical (unpaired) electrons. The number of aromatic nitrogens is 3. The second-order valence-electron chi connectivity index (χ2n) is 5.39. The van der Waals surface area contributed by atoms with Crippen LogP contribution >= 0.6 is 11.6 Å². The molecule has 1 atom stereocenters. The van der Waals surface area contributed by atoms with Crippen LogP contribution in [0.25, 0.3) is 6.08 Å². The number of anilines is 1. The van der Waals surface area contributed by atoms with Crippen LogP contribution in [0.1, 0.15) is 30.4 Å². The molecule has 2 heterocycles. The van der Waals surface area contributed by atoms with Gasteiger partial charge in [-0.1, -0.05) is 23.7 Å². The van der Waals surface area contributed by atoms with Gasteiger partial charge in [0.05, 0.1) is 5.69 Å². The third-order valence-electron chi connectivity index (χ3n) is 3.38. The van der Waals surface area contributed by atoms with Crippen molar-refractivity contribution in [2.45, 2.75) is 33.3 Å². The standard InChI is InChI=1S/C16H19ClN4O4/c1-5-12(16(23)18-13-8-9(2)25-20-13)24-14(22)7-6-11-10(3)19-21(4)15(11)17/h6-8,12H,5H2,1-4H3,(H,18,20,23)/b7-6+. The molecule has 0 saturated carbocycles. The van der Waals surface area contributed by atoms with Crippen molar-refractivity contribution in [3.05, 3.63) is 34.3 Å². The van der Waals surface area contributed by atoms with Gasteiger partial charge >= 0.3 is 5.97 Å². The van der Waals surface area contributed by atoms with E-state index in [0.717, 1.165) is 0 Å². The van der Waals surface area contributed by atoms with E-state index in [1.807, 2.05) is 0 Å². The highest BCUT2D eigenvalue weighted by molar-refractivity contribution is 6.31. The molecule has 1 unspecified atom stereocenters. The van der Waals surface area contributed by atoms with Crippen molar-refractivity contribution >= 4 is 35.4 Å². The summed E-state index contributed by atoms with van der Waals surface area (Å²) >= 11 is 6.09. The number of esters is 1. The second-order valence-corrected chi connectivity index (χ2v) is 5.75. The molecule has 0 fully saturated rings. The minimum atomic E-state index is -0.945. The maximum atomic E-state index is 12.1. The van der Waals surface area contributed by atoms with Gasteiger partial charge in [-0.15, -0.1) is 0 Å². The summed E-state index contributed by atoms with van der Waals surface area (Å²) in [5.41, 5.74) is 1.31. The lowest BCUT2D eigenvalue weighted by Crippen LogP contribution is -2.31. The second kappa shape index (κ2) is 7.98. The number of nitrogens with zero attached hydrogens (tertiary/aromatic N) is 3. The first-order valence-corrected chi connectivity index (χ1v) is 8.01. The normalized spacial score (nSPS) is 12.4. The highest BCUT2D eigenvalue weighted by Crippen LogP contribution is 2.20. The SMILES string of the molecule is CCC(OC(=O)/C=C/c1c(C)nn(C)c1Cl)C(=O)Nc1cc(C)on1. The molecule has 1 N–H and O–H groups in total. The van der Waals surface area contributed by atoms with Gasteiger partial charge in [0.15, 0.2) is 11.9 Å². The zero-order valence-corrected chi connectivity index (χ0v) is 15.1. The Kier molecular flexibility index (Phi) is 5.97. The van der Waals surface area contributed by atoms with Gasteiger partial charge in [0.25, 0.3) is 5.91 Å². The predicted molar refractivity (Wildman–Crippen MR) is 92.0 cm³/mol. The van der Waals surface area contributed by atoms with Crippen molar-refractivity contribution in [2.75, 3.05) is 5.32 Å². The molecule has 9 heteroatoms. The first-order chi connectivity index (χ1) is 11.8. The van der Waals surface area contributed by atoms with Crippen LogP contribution in [0.4, 0.5) is 5.82 Å². The number of hydrogen-bond acceptors (Lipinski definition) is 6. The maximum absolute atomic E-state index is 12.1. The van der Waals surface area contributed by atoms with E-state index >= 15 is 0 Å². The van der Waals surface area contributed by atoms with Gasteiger partial charge in [0.2, 0.25) is 0 Å². The van der Waals surface area contributed by atoms with Crippen LogP contribution in [-0.2, 0) is 21.4 Å². The van der Waals surface area contributed by atoms with Gasteiger partial charge in [-0.2, -0.15) is 5.10 Å². The third kappa shape index (κ3) is 4.69. The van der Waals surface area contributed by atoms with Crippen molar-refractivity contribution < 1.29 is 18.8 Å². The molecule has 0 aromatic carbocycles. The molecule has 134 valence electrons. The lowest BCUT2D eigenvalue weighted by molar-refractivity contribution is -0.149. The molecular weight excluding hydrogens is 348 g/mol. The van der Waals surface area contributed by atoms with E-state index in [9.17, 15) is 9.59 Å². The van der Waals surface area contributed by atoms with Crippen LogP contribution in [0.15, 0.2) is 16.7 Å². The van der Waals surface area contributed by atoms with Gasteiger partial charge in [-0.05, 0) is 26.3 Å². The summed E-state index contributed by atoms with van der Waals surface area (Å²) in [6.45, 7) is 5.22. The number of halogens is 1. The van der Waals surface area contributed by atoms with Crippen molar-refractivity contribution in [2.24, 2.45) is 7.05 Å². The molecule has 0 bridgehead atoms. The molecule has 2 rings (SSSR count). The van der Waals surface area contributed by atoms with Gasteiger partial charge < -0.3 is 14.6 Å². The van der Waals surface area contributed by atoms with Gasteiger partial charge in [0.1, 0.15) is 10.9 Å². The Labute approximate surface area is 149 Å². The van der Waals surface area contributed by atoms with Crippen molar-refractivity contribution in [1.29, 1.82) is 0 Å². The largest absolute Gasteiger partial charge is 0.449 e. The number of hydrogen-bond donors (Lipinski definition) is 1. The number of amides is 1. The van der Waals surface area contributed by atoms with Crippen LogP contribution in [0.5, 0.6) is 0 Å². The van der Waals surface area contributed by atoms with E-state index < -0.39 is 18.0 Å². The fourth-order valence-corrected chi connectivity index (χ4v) is 2.36. The molecule has 0 aliphatic heterocycles. The van der Waals surface area contributed by atoms with Crippen LogP contribution in [0.2, 0.25) is 5.15 Å². The summed E-state index contributed by atoms with van der Waals surface area (Å²) in [4.78, 5) is 24.1. The summed E-state index contributed by atoms with van der Waals surface area (Å²) in [7, 11) is 1.70. The number of aryl methyl sites for hydroxylation is 3. The number of rotatable bonds is 6. The third-order valence-corrected chi connectivity index (χ3v) is 3.83. The lowest BCUT2D eigenvalue weighted by atomic mass is 10.2. The number of carbonyl (C=O) groups is 2. The molecular formula is C16H19ClN4O4. The Balaban J connectivity index is 1.99. The van der Waals surface area contributed by atoms with Crippen LogP contribution in [-0.4, -0.2) is 32.9 Å². The highest BCUT2D eigenvalue weighted by Gasteiger charge is 2.21. The van der Waals surface area contributed by atoms with E-state index in [1.54, 1.807) is 33.9 Å². The molecule has 0 saturated heterocycles. The summed E-state index contributed by atoms with van der Waals surface area (Å²) < 4.78 is 11.6. The zero-order valence-electron chi connectivity index (χ0n) is 14.4. The van der Waals surface area contributed by atoms with Crippen LogP contribution in [0, 0.1) is 13.8 Å². The number of nitrogens with one attached hydrogen (secondary N) is 1. The van der Waals surface area contributed by atoms with Gasteiger partial charge in [-0.3, -0.25) is 9.48 Å². The van der Waals surface area contributed by atoms with E-state index in [0.29, 0.717) is 28.6 Å². The fraction of sp³-hybridized carbons (Fsp3) is 0.375. The zero-order chi connectivity index (χ0) is 18.6. The topological polar surface area (TPSA) is 99.2 Å². The summed E-state index contributed by atoms with van der Waals surface area (Å²) in [5, 5.41) is 10.8. The van der Waals surface area contributed by atoms with E-state index in [4.69, 9.17) is 20.9 Å². The number of ether oxygens (including phenoxy) is 1. The lowest BCUT2D eigenvalue weighted by Gasteiger charge is -2.13. The molecule has 0 aliphatic rings. The molecule has 0 aliphatic carbocycles. The van der Waals surface area contributed by atoms with E-state index in [-0.39, 0.29) is 5.82 Å². The van der Waals surface area contributed by atoms with Crippen LogP contribution in [0.3, 0.4) is 0 Å². The molecule has 8 nitrogen and oxygen atoms in total. The Morgan fingerprint density at radius 1 is 1.48 bits per heavy atom. The molecule has 2 aromatic heterocycles. The smallest absolute Gasteiger partial charge is 0.331 e. The minimum Gasteiger partial charge on any atom is -0.449 e. The van der Waals surface area contributed by atoms with Gasteiger partial charge in [0, 0.05) is 24.8 Å².